The Balaban J connectivity index is 2.32. The molecule has 0 saturated carbocycles. The lowest BCUT2D eigenvalue weighted by Gasteiger charge is -2.21. The van der Waals surface area contributed by atoms with Crippen molar-refractivity contribution in [1.82, 2.24) is 0 Å². The second kappa shape index (κ2) is 4.08. The summed E-state index contributed by atoms with van der Waals surface area (Å²) in [5, 5.41) is 2.85. The van der Waals surface area contributed by atoms with Crippen molar-refractivity contribution in [2.75, 3.05) is 0 Å². The first kappa shape index (κ1) is 12.0. The van der Waals surface area contributed by atoms with Crippen LogP contribution in [-0.4, -0.2) is 5.78 Å². The first-order valence-corrected chi connectivity index (χ1v) is 6.99. The van der Waals surface area contributed by atoms with Crippen molar-refractivity contribution < 1.29 is 4.79 Å². The van der Waals surface area contributed by atoms with Crippen LogP contribution in [0.4, 0.5) is 0 Å². The molecule has 1 nitrogen and oxygen atoms in total. The molecular weight excluding hydrogens is 291 g/mol. The van der Waals surface area contributed by atoms with E-state index in [4.69, 9.17) is 23.2 Å². The molecule has 1 aliphatic rings. The number of ketones is 1. The normalized spacial score (nSPS) is 12.6. The highest BCUT2D eigenvalue weighted by atomic mass is 35.5. The molecule has 0 fully saturated rings. The van der Waals surface area contributed by atoms with Gasteiger partial charge in [-0.1, -0.05) is 65.7 Å². The molecule has 1 aliphatic carbocycles. The number of carbonyl (C=O) groups is 1. The van der Waals surface area contributed by atoms with Gasteiger partial charge in [-0.15, -0.1) is 0 Å². The molecule has 0 amide bonds. The highest BCUT2D eigenvalue weighted by Crippen LogP contribution is 2.45. The van der Waals surface area contributed by atoms with Gasteiger partial charge < -0.3 is 0 Å². The zero-order valence-corrected chi connectivity index (χ0v) is 11.8. The van der Waals surface area contributed by atoms with Gasteiger partial charge in [0.25, 0.3) is 0 Å². The third kappa shape index (κ3) is 1.42. The number of hydrogen-bond acceptors (Lipinski definition) is 1. The summed E-state index contributed by atoms with van der Waals surface area (Å²) in [6.07, 6.45) is 0. The molecule has 3 aromatic carbocycles. The first-order valence-electron chi connectivity index (χ1n) is 6.23. The van der Waals surface area contributed by atoms with Crippen LogP contribution in [-0.2, 0) is 0 Å². The highest BCUT2D eigenvalue weighted by molar-refractivity contribution is 6.46. The molecule has 0 atom stereocenters. The van der Waals surface area contributed by atoms with E-state index in [0.717, 1.165) is 21.9 Å². The second-order valence-electron chi connectivity index (χ2n) is 4.83. The van der Waals surface area contributed by atoms with Gasteiger partial charge >= 0.3 is 0 Å². The van der Waals surface area contributed by atoms with Crippen molar-refractivity contribution in [3.63, 3.8) is 0 Å². The van der Waals surface area contributed by atoms with Gasteiger partial charge in [-0.05, 0) is 17.0 Å². The van der Waals surface area contributed by atoms with Crippen molar-refractivity contribution in [1.29, 1.82) is 0 Å². The summed E-state index contributed by atoms with van der Waals surface area (Å²) in [6, 6.07) is 15.0. The Morgan fingerprint density at radius 2 is 1.50 bits per heavy atom. The lowest BCUT2D eigenvalue weighted by Crippen LogP contribution is -2.10. The van der Waals surface area contributed by atoms with Gasteiger partial charge in [-0.2, -0.15) is 0 Å². The van der Waals surface area contributed by atoms with Crippen molar-refractivity contribution in [2.24, 2.45) is 0 Å². The van der Waals surface area contributed by atoms with Crippen LogP contribution in [0.25, 0.3) is 21.9 Å². The second-order valence-corrected chi connectivity index (χ2v) is 5.61. The topological polar surface area (TPSA) is 17.1 Å². The van der Waals surface area contributed by atoms with E-state index in [1.54, 1.807) is 0 Å². The lowest BCUT2D eigenvalue weighted by atomic mass is 9.83. The molecule has 0 bridgehead atoms. The summed E-state index contributed by atoms with van der Waals surface area (Å²) in [4.78, 5) is 12.6. The van der Waals surface area contributed by atoms with Gasteiger partial charge in [-0.25, -0.2) is 0 Å². The highest BCUT2D eigenvalue weighted by Gasteiger charge is 2.27. The summed E-state index contributed by atoms with van der Waals surface area (Å²) in [7, 11) is 0. The maximum atomic E-state index is 12.6. The van der Waals surface area contributed by atoms with Gasteiger partial charge in [0.1, 0.15) is 0 Å². The average molecular weight is 299 g/mol. The Morgan fingerprint density at radius 1 is 0.800 bits per heavy atom. The maximum Gasteiger partial charge on any atom is 0.194 e. The maximum absolute atomic E-state index is 12.6. The van der Waals surface area contributed by atoms with Gasteiger partial charge in [0.2, 0.25) is 0 Å². The van der Waals surface area contributed by atoms with Crippen LogP contribution >= 0.6 is 23.2 Å². The fourth-order valence-electron chi connectivity index (χ4n) is 2.88. The van der Waals surface area contributed by atoms with E-state index in [-0.39, 0.29) is 5.78 Å². The van der Waals surface area contributed by atoms with E-state index >= 15 is 0 Å². The van der Waals surface area contributed by atoms with Crippen molar-refractivity contribution >= 4 is 39.8 Å². The molecule has 0 aromatic heterocycles. The lowest BCUT2D eigenvalue weighted by molar-refractivity contribution is 0.104. The Kier molecular flexibility index (Phi) is 2.44. The van der Waals surface area contributed by atoms with Crippen molar-refractivity contribution in [3.05, 3.63) is 69.7 Å². The molecule has 0 saturated heterocycles. The minimum atomic E-state index is 0.0390. The van der Waals surface area contributed by atoms with Crippen LogP contribution in [0, 0.1) is 0 Å². The molecule has 0 unspecified atom stereocenters. The predicted octanol–water partition coefficient (Wildman–Crippen LogP) is 5.36. The van der Waals surface area contributed by atoms with E-state index in [9.17, 15) is 4.79 Å². The number of carbonyl (C=O) groups excluding carboxylic acids is 1. The van der Waals surface area contributed by atoms with Crippen LogP contribution in [0.15, 0.2) is 48.5 Å². The van der Waals surface area contributed by atoms with Gasteiger partial charge in [0.05, 0.1) is 10.0 Å². The summed E-state index contributed by atoms with van der Waals surface area (Å²) >= 11 is 12.6. The molecule has 0 heterocycles. The monoisotopic (exact) mass is 298 g/mol. The average Bonchev–Trinajstić information content (AvgIpc) is 2.47. The van der Waals surface area contributed by atoms with E-state index in [0.29, 0.717) is 21.2 Å². The van der Waals surface area contributed by atoms with Crippen LogP contribution in [0.2, 0.25) is 10.0 Å². The molecule has 4 rings (SSSR count). The standard InChI is InChI=1S/C17H8Cl2O/c18-13-8-9-4-3-7-12-14(9)15(16(13)19)10-5-1-2-6-11(10)17(12)20/h1-8H. The minimum absolute atomic E-state index is 0.0390. The Bertz CT molecular complexity index is 897. The summed E-state index contributed by atoms with van der Waals surface area (Å²) in [5.74, 6) is 0.0390. The third-order valence-corrected chi connectivity index (χ3v) is 4.53. The van der Waals surface area contributed by atoms with E-state index < -0.39 is 0 Å². The summed E-state index contributed by atoms with van der Waals surface area (Å²) in [5.41, 5.74) is 3.08. The van der Waals surface area contributed by atoms with E-state index in [2.05, 4.69) is 0 Å². The Labute approximate surface area is 125 Å². The largest absolute Gasteiger partial charge is 0.289 e. The van der Waals surface area contributed by atoms with Crippen molar-refractivity contribution in [2.45, 2.75) is 0 Å². The van der Waals surface area contributed by atoms with Crippen LogP contribution < -0.4 is 0 Å². The third-order valence-electron chi connectivity index (χ3n) is 3.74. The molecule has 3 heteroatoms. The fraction of sp³-hybridized carbons (Fsp3) is 0. The number of hydrogen-bond donors (Lipinski definition) is 0. The molecule has 0 radical (unpaired) electrons. The predicted molar refractivity (Wildman–Crippen MR) is 82.8 cm³/mol. The van der Waals surface area contributed by atoms with Crippen LogP contribution in [0.1, 0.15) is 15.9 Å². The van der Waals surface area contributed by atoms with E-state index in [1.165, 1.54) is 0 Å². The molecule has 0 N–H and O–H groups in total. The smallest absolute Gasteiger partial charge is 0.194 e. The molecular formula is C17H8Cl2O. The van der Waals surface area contributed by atoms with E-state index in [1.807, 2.05) is 48.5 Å². The van der Waals surface area contributed by atoms with Crippen LogP contribution in [0.5, 0.6) is 0 Å². The molecule has 96 valence electrons. The Hall–Kier alpha value is -1.83. The molecule has 0 aliphatic heterocycles. The van der Waals surface area contributed by atoms with Gasteiger partial charge in [0, 0.05) is 22.1 Å². The molecule has 20 heavy (non-hydrogen) atoms. The van der Waals surface area contributed by atoms with Crippen LogP contribution in [0.3, 0.4) is 0 Å². The minimum Gasteiger partial charge on any atom is -0.289 e. The quantitative estimate of drug-likeness (QED) is 0.427. The first-order chi connectivity index (χ1) is 9.68. The van der Waals surface area contributed by atoms with Gasteiger partial charge in [-0.3, -0.25) is 4.79 Å². The molecule has 3 aromatic rings. The summed E-state index contributed by atoms with van der Waals surface area (Å²) in [6.45, 7) is 0. The molecule has 0 spiro atoms. The van der Waals surface area contributed by atoms with Crippen molar-refractivity contribution in [3.8, 4) is 11.1 Å². The fourth-order valence-corrected chi connectivity index (χ4v) is 3.35. The number of benzene rings is 3. The summed E-state index contributed by atoms with van der Waals surface area (Å²) < 4.78 is 0. The number of fused-ring (bicyclic) bond motifs is 2. The zero-order valence-electron chi connectivity index (χ0n) is 10.3. The number of rotatable bonds is 0. The SMILES string of the molecule is O=C1c2ccccc2-c2c(Cl)c(Cl)cc3cccc1c23. The zero-order chi connectivity index (χ0) is 13.9. The number of halogens is 2. The van der Waals surface area contributed by atoms with Gasteiger partial charge in [0.15, 0.2) is 5.78 Å². The Morgan fingerprint density at radius 3 is 2.30 bits per heavy atom.